The zero-order valence-electron chi connectivity index (χ0n) is 13.3. The molecule has 0 aliphatic rings. The number of aromatic nitrogens is 3. The van der Waals surface area contributed by atoms with Crippen LogP contribution in [0.15, 0.2) is 47.5 Å². The van der Waals surface area contributed by atoms with E-state index in [0.717, 1.165) is 36.2 Å². The minimum Gasteiger partial charge on any atom is -0.370 e. The zero-order valence-corrected chi connectivity index (χ0v) is 14.1. The predicted octanol–water partition coefficient (Wildman–Crippen LogP) is 1.91. The fourth-order valence-electron chi connectivity index (χ4n) is 2.36. The molecule has 2 heterocycles. The molecule has 2 aromatic heterocycles. The van der Waals surface area contributed by atoms with E-state index in [1.165, 1.54) is 19.3 Å². The number of benzene rings is 1. The van der Waals surface area contributed by atoms with E-state index in [9.17, 15) is 8.42 Å². The van der Waals surface area contributed by atoms with Crippen LogP contribution in [0.3, 0.4) is 0 Å². The third-order valence-corrected chi connectivity index (χ3v) is 5.05. The number of imidazole rings is 1. The number of anilines is 1. The fourth-order valence-corrected chi connectivity index (χ4v) is 3.03. The van der Waals surface area contributed by atoms with Crippen LogP contribution in [0.25, 0.3) is 11.0 Å². The number of fused-ring (bicyclic) bond motifs is 1. The van der Waals surface area contributed by atoms with Crippen molar-refractivity contribution < 1.29 is 8.42 Å². The van der Waals surface area contributed by atoms with Crippen LogP contribution in [0.1, 0.15) is 12.2 Å². The molecule has 3 N–H and O–H groups in total. The Kier molecular flexibility index (Phi) is 4.77. The van der Waals surface area contributed by atoms with Crippen molar-refractivity contribution >= 4 is 26.9 Å². The zero-order chi connectivity index (χ0) is 17.0. The lowest BCUT2D eigenvalue weighted by atomic mass is 10.3. The van der Waals surface area contributed by atoms with Crippen LogP contribution < -0.4 is 10.0 Å². The Morgan fingerprint density at radius 2 is 2.00 bits per heavy atom. The summed E-state index contributed by atoms with van der Waals surface area (Å²) in [5.74, 6) is 1.61. The Morgan fingerprint density at radius 1 is 1.17 bits per heavy atom. The molecule has 0 spiro atoms. The SMILES string of the molecule is CNS(=O)(=O)c1ccc(NCCCc2nc3ccccc3[nH]2)nc1. The van der Waals surface area contributed by atoms with Crippen LogP contribution in [0.5, 0.6) is 0 Å². The number of nitrogens with one attached hydrogen (secondary N) is 3. The van der Waals surface area contributed by atoms with Gasteiger partial charge in [-0.05, 0) is 37.7 Å². The van der Waals surface area contributed by atoms with Crippen molar-refractivity contribution in [1.82, 2.24) is 19.7 Å². The molecule has 0 bridgehead atoms. The fraction of sp³-hybridized carbons (Fsp3) is 0.250. The summed E-state index contributed by atoms with van der Waals surface area (Å²) in [6.07, 6.45) is 3.05. The van der Waals surface area contributed by atoms with E-state index in [0.29, 0.717) is 5.82 Å². The van der Waals surface area contributed by atoms with Gasteiger partial charge in [0.2, 0.25) is 10.0 Å². The van der Waals surface area contributed by atoms with Gasteiger partial charge in [0.25, 0.3) is 0 Å². The van der Waals surface area contributed by atoms with Crippen LogP contribution >= 0.6 is 0 Å². The van der Waals surface area contributed by atoms with E-state index in [4.69, 9.17) is 0 Å². The number of pyridine rings is 1. The number of aromatic amines is 1. The van der Waals surface area contributed by atoms with Gasteiger partial charge < -0.3 is 10.3 Å². The number of para-hydroxylation sites is 2. The van der Waals surface area contributed by atoms with Crippen molar-refractivity contribution in [2.75, 3.05) is 18.9 Å². The molecule has 0 amide bonds. The second-order valence-corrected chi connectivity index (χ2v) is 7.20. The molecule has 7 nitrogen and oxygen atoms in total. The Bertz CT molecular complexity index is 886. The molecule has 0 saturated heterocycles. The van der Waals surface area contributed by atoms with E-state index >= 15 is 0 Å². The maximum Gasteiger partial charge on any atom is 0.241 e. The lowest BCUT2D eigenvalue weighted by Gasteiger charge is -2.06. The van der Waals surface area contributed by atoms with Gasteiger partial charge in [-0.1, -0.05) is 12.1 Å². The summed E-state index contributed by atoms with van der Waals surface area (Å²) in [6, 6.07) is 11.1. The number of nitrogens with zero attached hydrogens (tertiary/aromatic N) is 2. The molecule has 0 fully saturated rings. The smallest absolute Gasteiger partial charge is 0.241 e. The lowest BCUT2D eigenvalue weighted by molar-refractivity contribution is 0.588. The van der Waals surface area contributed by atoms with Gasteiger partial charge in [-0.15, -0.1) is 0 Å². The van der Waals surface area contributed by atoms with Crippen LogP contribution in [-0.4, -0.2) is 37.0 Å². The van der Waals surface area contributed by atoms with Crippen molar-refractivity contribution in [2.45, 2.75) is 17.7 Å². The standard InChI is InChI=1S/C16H19N5O2S/c1-17-24(22,23)12-8-9-15(19-11-12)18-10-4-7-16-20-13-5-2-3-6-14(13)21-16/h2-3,5-6,8-9,11,17H,4,7,10H2,1H3,(H,18,19)(H,20,21). The van der Waals surface area contributed by atoms with Gasteiger partial charge in [0.15, 0.2) is 0 Å². The minimum atomic E-state index is -3.44. The van der Waals surface area contributed by atoms with E-state index in [1.54, 1.807) is 6.07 Å². The van der Waals surface area contributed by atoms with Crippen molar-refractivity contribution in [3.8, 4) is 0 Å². The molecule has 0 atom stereocenters. The monoisotopic (exact) mass is 345 g/mol. The summed E-state index contributed by atoms with van der Waals surface area (Å²) >= 11 is 0. The van der Waals surface area contributed by atoms with Crippen molar-refractivity contribution in [3.63, 3.8) is 0 Å². The van der Waals surface area contributed by atoms with E-state index in [-0.39, 0.29) is 4.90 Å². The van der Waals surface area contributed by atoms with Gasteiger partial charge >= 0.3 is 0 Å². The third kappa shape index (κ3) is 3.72. The molecule has 8 heteroatoms. The van der Waals surface area contributed by atoms with Crippen molar-refractivity contribution in [3.05, 3.63) is 48.4 Å². The summed E-state index contributed by atoms with van der Waals surface area (Å²) < 4.78 is 25.5. The Balaban J connectivity index is 1.51. The van der Waals surface area contributed by atoms with Crippen LogP contribution in [0.4, 0.5) is 5.82 Å². The van der Waals surface area contributed by atoms with Gasteiger partial charge in [-0.25, -0.2) is 23.1 Å². The summed E-state index contributed by atoms with van der Waals surface area (Å²) in [6.45, 7) is 0.724. The average molecular weight is 345 g/mol. The van der Waals surface area contributed by atoms with E-state index in [1.807, 2.05) is 24.3 Å². The summed E-state index contributed by atoms with van der Waals surface area (Å²) in [5, 5.41) is 3.18. The number of hydrogen-bond acceptors (Lipinski definition) is 5. The molecular formula is C16H19N5O2S. The summed E-state index contributed by atoms with van der Waals surface area (Å²) in [5.41, 5.74) is 2.02. The molecule has 0 aliphatic heterocycles. The second-order valence-electron chi connectivity index (χ2n) is 5.32. The molecule has 24 heavy (non-hydrogen) atoms. The quantitative estimate of drug-likeness (QED) is 0.568. The molecule has 3 rings (SSSR count). The second kappa shape index (κ2) is 6.98. The van der Waals surface area contributed by atoms with Crippen LogP contribution in [0.2, 0.25) is 0 Å². The Labute approximate surface area is 140 Å². The van der Waals surface area contributed by atoms with Crippen LogP contribution in [-0.2, 0) is 16.4 Å². The van der Waals surface area contributed by atoms with Gasteiger partial charge in [0.1, 0.15) is 16.5 Å². The van der Waals surface area contributed by atoms with Gasteiger partial charge in [0.05, 0.1) is 11.0 Å². The first kappa shape index (κ1) is 16.4. The first-order valence-corrected chi connectivity index (χ1v) is 9.14. The lowest BCUT2D eigenvalue weighted by Crippen LogP contribution is -2.18. The number of rotatable bonds is 7. The van der Waals surface area contributed by atoms with Gasteiger partial charge in [-0.2, -0.15) is 0 Å². The first-order chi connectivity index (χ1) is 11.6. The highest BCUT2D eigenvalue weighted by molar-refractivity contribution is 7.89. The third-order valence-electron chi connectivity index (χ3n) is 3.65. The van der Waals surface area contributed by atoms with Gasteiger partial charge in [0, 0.05) is 19.2 Å². The maximum atomic E-state index is 11.6. The normalized spacial score (nSPS) is 11.7. The average Bonchev–Trinajstić information content (AvgIpc) is 3.02. The highest BCUT2D eigenvalue weighted by atomic mass is 32.2. The van der Waals surface area contributed by atoms with Gasteiger partial charge in [-0.3, -0.25) is 0 Å². The van der Waals surface area contributed by atoms with Crippen molar-refractivity contribution in [1.29, 1.82) is 0 Å². The molecule has 126 valence electrons. The predicted molar refractivity (Wildman–Crippen MR) is 93.4 cm³/mol. The molecule has 1 aromatic carbocycles. The van der Waals surface area contributed by atoms with E-state index < -0.39 is 10.0 Å². The minimum absolute atomic E-state index is 0.151. The summed E-state index contributed by atoms with van der Waals surface area (Å²) in [7, 11) is -2.07. The molecule has 0 saturated carbocycles. The number of sulfonamides is 1. The molecule has 0 radical (unpaired) electrons. The van der Waals surface area contributed by atoms with Crippen LogP contribution in [0, 0.1) is 0 Å². The number of hydrogen-bond donors (Lipinski definition) is 3. The molecular weight excluding hydrogens is 326 g/mol. The highest BCUT2D eigenvalue weighted by Gasteiger charge is 2.11. The molecule has 3 aromatic rings. The summed E-state index contributed by atoms with van der Waals surface area (Å²) in [4.78, 5) is 12.1. The van der Waals surface area contributed by atoms with E-state index in [2.05, 4.69) is 25.0 Å². The Hall–Kier alpha value is -2.45. The topological polar surface area (TPSA) is 99.8 Å². The molecule has 0 aliphatic carbocycles. The number of H-pyrrole nitrogens is 1. The number of aryl methyl sites for hydroxylation is 1. The first-order valence-electron chi connectivity index (χ1n) is 7.65. The Morgan fingerprint density at radius 3 is 2.71 bits per heavy atom. The highest BCUT2D eigenvalue weighted by Crippen LogP contribution is 2.12. The van der Waals surface area contributed by atoms with Crippen molar-refractivity contribution in [2.24, 2.45) is 0 Å². The maximum absolute atomic E-state index is 11.6. The largest absolute Gasteiger partial charge is 0.370 e. The molecule has 0 unspecified atom stereocenters.